The Morgan fingerprint density at radius 3 is 1.41 bits per heavy atom. The van der Waals surface area contributed by atoms with Gasteiger partial charge in [-0.05, 0) is 12.1 Å². The van der Waals surface area contributed by atoms with E-state index in [1.54, 1.807) is 0 Å². The van der Waals surface area contributed by atoms with Crippen molar-refractivity contribution < 1.29 is 0 Å². The highest BCUT2D eigenvalue weighted by molar-refractivity contribution is 6.16. The second kappa shape index (κ2) is 7.55. The molecule has 0 saturated heterocycles. The van der Waals surface area contributed by atoms with Gasteiger partial charge in [0.1, 0.15) is 10.7 Å². The number of hydrogen-bond donors (Lipinski definition) is 2. The Morgan fingerprint density at radius 1 is 0.588 bits per heavy atom. The SMILES string of the molecule is CN(C)c1nc(=C2C=Nc3ccccc32)/c(=c2\[nH]c(N(C)C)nc2=C2C=Nc3ccccc32)[nH]1. The van der Waals surface area contributed by atoms with Crippen molar-refractivity contribution in [2.24, 2.45) is 9.98 Å². The van der Waals surface area contributed by atoms with Crippen LogP contribution in [0.15, 0.2) is 58.5 Å². The lowest BCUT2D eigenvalue weighted by Crippen LogP contribution is -2.17. The number of anilines is 2. The van der Waals surface area contributed by atoms with E-state index in [1.165, 1.54) is 0 Å². The van der Waals surface area contributed by atoms with Gasteiger partial charge in [-0.15, -0.1) is 0 Å². The summed E-state index contributed by atoms with van der Waals surface area (Å²) in [5, 5.41) is 3.39. The molecule has 8 nitrogen and oxygen atoms in total. The number of benzene rings is 2. The van der Waals surface area contributed by atoms with Crippen LogP contribution in [0, 0.1) is 10.7 Å². The predicted octanol–water partition coefficient (Wildman–Crippen LogP) is 2.38. The number of rotatable bonds is 2. The van der Waals surface area contributed by atoms with Gasteiger partial charge in [-0.25, -0.2) is 9.97 Å². The van der Waals surface area contributed by atoms with Gasteiger partial charge >= 0.3 is 0 Å². The van der Waals surface area contributed by atoms with Gasteiger partial charge < -0.3 is 19.8 Å². The molecule has 0 aliphatic carbocycles. The maximum absolute atomic E-state index is 4.97. The zero-order valence-electron chi connectivity index (χ0n) is 19.5. The highest BCUT2D eigenvalue weighted by Crippen LogP contribution is 2.30. The van der Waals surface area contributed by atoms with Crippen LogP contribution in [0.5, 0.6) is 0 Å². The van der Waals surface area contributed by atoms with Gasteiger partial charge in [-0.3, -0.25) is 9.98 Å². The van der Waals surface area contributed by atoms with E-state index in [9.17, 15) is 0 Å². The van der Waals surface area contributed by atoms with Crippen molar-refractivity contribution in [2.45, 2.75) is 0 Å². The minimum Gasteiger partial charge on any atom is -0.349 e. The molecule has 0 radical (unpaired) electrons. The van der Waals surface area contributed by atoms with Gasteiger partial charge in [0.25, 0.3) is 0 Å². The summed E-state index contributed by atoms with van der Waals surface area (Å²) in [6.45, 7) is 0. The van der Waals surface area contributed by atoms with Crippen LogP contribution >= 0.6 is 0 Å². The molecule has 0 unspecified atom stereocenters. The summed E-state index contributed by atoms with van der Waals surface area (Å²) in [7, 11) is 7.89. The number of fused-ring (bicyclic) bond motifs is 2. The largest absolute Gasteiger partial charge is 0.349 e. The van der Waals surface area contributed by atoms with E-state index in [-0.39, 0.29) is 0 Å². The molecule has 34 heavy (non-hydrogen) atoms. The first kappa shape index (κ1) is 20.2. The van der Waals surface area contributed by atoms with E-state index in [2.05, 4.69) is 32.1 Å². The molecule has 2 aliphatic heterocycles. The molecule has 168 valence electrons. The van der Waals surface area contributed by atoms with Gasteiger partial charge in [-0.2, -0.15) is 0 Å². The molecule has 0 atom stereocenters. The van der Waals surface area contributed by atoms with Gasteiger partial charge in [0, 0.05) is 62.9 Å². The van der Waals surface area contributed by atoms with E-state index in [0.717, 1.165) is 66.9 Å². The number of H-pyrrole nitrogens is 2. The van der Waals surface area contributed by atoms with Crippen LogP contribution < -0.4 is 20.5 Å². The van der Waals surface area contributed by atoms with Crippen LogP contribution in [0.25, 0.3) is 11.1 Å². The minimum atomic E-state index is 0.757. The number of para-hydroxylation sites is 2. The first-order valence-corrected chi connectivity index (χ1v) is 11.1. The average molecular weight is 449 g/mol. The molecule has 0 saturated carbocycles. The summed E-state index contributed by atoms with van der Waals surface area (Å²) >= 11 is 0. The molecule has 0 spiro atoms. The lowest BCUT2D eigenvalue weighted by molar-refractivity contribution is 1.02. The van der Waals surface area contributed by atoms with Crippen molar-refractivity contribution in [1.29, 1.82) is 0 Å². The molecule has 4 aromatic rings. The molecule has 2 aromatic carbocycles. The number of nitrogens with zero attached hydrogens (tertiary/aromatic N) is 6. The summed E-state index contributed by atoms with van der Waals surface area (Å²) in [6, 6.07) is 16.3. The summed E-state index contributed by atoms with van der Waals surface area (Å²) in [4.78, 5) is 30.2. The molecule has 0 bridgehead atoms. The van der Waals surface area contributed by atoms with Crippen LogP contribution in [0.2, 0.25) is 0 Å². The maximum Gasteiger partial charge on any atom is 0.203 e. The minimum absolute atomic E-state index is 0.757. The first-order chi connectivity index (χ1) is 16.5. The number of aromatic amines is 2. The topological polar surface area (TPSA) is 88.6 Å². The van der Waals surface area contributed by atoms with E-state index in [1.807, 2.05) is 86.8 Å². The van der Waals surface area contributed by atoms with Gasteiger partial charge in [-0.1, -0.05) is 36.4 Å². The Labute approximate surface area is 196 Å². The first-order valence-electron chi connectivity index (χ1n) is 11.1. The maximum atomic E-state index is 4.97. The zero-order valence-corrected chi connectivity index (χ0v) is 19.5. The van der Waals surface area contributed by atoms with Gasteiger partial charge in [0.15, 0.2) is 0 Å². The summed E-state index contributed by atoms with van der Waals surface area (Å²) in [5.74, 6) is 1.51. The van der Waals surface area contributed by atoms with Crippen molar-refractivity contribution in [1.82, 2.24) is 19.9 Å². The smallest absolute Gasteiger partial charge is 0.203 e. The second-order valence-corrected chi connectivity index (χ2v) is 8.73. The van der Waals surface area contributed by atoms with Crippen molar-refractivity contribution in [3.8, 4) is 0 Å². The number of aliphatic imine (C=N–C) groups is 2. The predicted molar refractivity (Wildman–Crippen MR) is 137 cm³/mol. The molecular weight excluding hydrogens is 424 g/mol. The fourth-order valence-corrected chi connectivity index (χ4v) is 4.31. The highest BCUT2D eigenvalue weighted by Gasteiger charge is 2.18. The zero-order chi connectivity index (χ0) is 23.4. The Morgan fingerprint density at radius 2 is 1.00 bits per heavy atom. The molecule has 2 N–H and O–H groups in total. The summed E-state index contributed by atoms with van der Waals surface area (Å²) < 4.78 is 0. The standard InChI is InChI=1S/C26H24N8/c1-33(2)25-29-21(17-13-27-19-11-7-5-9-15(17)19)23(31-25)24-22(30-26(32-24)34(3)4)18-14-28-20-12-8-6-10-16(18)20/h5-14H,1-4H3,(H,29,31)(H,30,32)/b21-17?,22-18?,24-23+. The third kappa shape index (κ3) is 3.07. The Kier molecular flexibility index (Phi) is 4.48. The number of hydrogen-bond acceptors (Lipinski definition) is 6. The normalized spacial score (nSPS) is 17.8. The molecular formula is C26H24N8. The fourth-order valence-electron chi connectivity index (χ4n) is 4.31. The molecule has 4 heterocycles. The molecule has 0 amide bonds. The third-order valence-electron chi connectivity index (χ3n) is 6.04. The van der Waals surface area contributed by atoms with E-state index < -0.39 is 0 Å². The van der Waals surface area contributed by atoms with Crippen molar-refractivity contribution >= 4 is 46.8 Å². The van der Waals surface area contributed by atoms with Crippen LogP contribution in [0.4, 0.5) is 23.3 Å². The Balaban J connectivity index is 1.83. The molecule has 2 aliphatic rings. The van der Waals surface area contributed by atoms with Crippen molar-refractivity contribution in [3.63, 3.8) is 0 Å². The number of imidazole rings is 2. The fraction of sp³-hybridized carbons (Fsp3) is 0.154. The molecule has 6 rings (SSSR count). The third-order valence-corrected chi connectivity index (χ3v) is 6.04. The van der Waals surface area contributed by atoms with E-state index in [4.69, 9.17) is 9.97 Å². The molecule has 0 fully saturated rings. The highest BCUT2D eigenvalue weighted by atomic mass is 15.2. The van der Waals surface area contributed by atoms with E-state index in [0.29, 0.717) is 0 Å². The molecule has 8 heteroatoms. The quantitative estimate of drug-likeness (QED) is 0.493. The number of nitrogens with one attached hydrogen (secondary N) is 2. The second-order valence-electron chi connectivity index (χ2n) is 8.73. The summed E-state index contributed by atoms with van der Waals surface area (Å²) in [5.41, 5.74) is 5.98. The molecule has 2 aromatic heterocycles. The monoisotopic (exact) mass is 448 g/mol. The van der Waals surface area contributed by atoms with Crippen molar-refractivity contribution in [2.75, 3.05) is 38.0 Å². The Bertz CT molecular complexity index is 1590. The van der Waals surface area contributed by atoms with Crippen LogP contribution in [-0.2, 0) is 0 Å². The lowest BCUT2D eigenvalue weighted by atomic mass is 10.1. The van der Waals surface area contributed by atoms with Crippen LogP contribution in [-0.4, -0.2) is 60.6 Å². The lowest BCUT2D eigenvalue weighted by Gasteiger charge is -2.05. The van der Waals surface area contributed by atoms with Crippen LogP contribution in [0.3, 0.4) is 0 Å². The Hall–Kier alpha value is -4.46. The summed E-state index contributed by atoms with van der Waals surface area (Å²) in [6.07, 6.45) is 3.79. The van der Waals surface area contributed by atoms with Crippen molar-refractivity contribution in [3.05, 3.63) is 81.1 Å². The van der Waals surface area contributed by atoms with Gasteiger partial charge in [0.05, 0.1) is 22.1 Å². The number of aromatic nitrogens is 4. The average Bonchev–Trinajstić information content (AvgIpc) is 3.61. The van der Waals surface area contributed by atoms with Gasteiger partial charge in [0.2, 0.25) is 11.9 Å². The van der Waals surface area contributed by atoms with Crippen LogP contribution in [0.1, 0.15) is 11.1 Å². The van der Waals surface area contributed by atoms with E-state index >= 15 is 0 Å².